The molecular weight excluding hydrogens is 238 g/mol. The minimum atomic E-state index is -0.282. The molecule has 0 unspecified atom stereocenters. The van der Waals surface area contributed by atoms with Gasteiger partial charge in [0, 0.05) is 26.2 Å². The van der Waals surface area contributed by atoms with Crippen molar-refractivity contribution < 1.29 is 24.5 Å². The highest BCUT2D eigenvalue weighted by atomic mass is 16.6. The van der Waals surface area contributed by atoms with Crippen LogP contribution in [0.2, 0.25) is 0 Å². The Hall–Kier alpha value is -0.690. The van der Waals surface area contributed by atoms with Gasteiger partial charge in [-0.15, -0.1) is 0 Å². The fourth-order valence-corrected chi connectivity index (χ4v) is 1.40. The molecule has 6 heteroatoms. The molecule has 0 aliphatic carbocycles. The third kappa shape index (κ3) is 10.5. The maximum atomic E-state index is 11.4. The summed E-state index contributed by atoms with van der Waals surface area (Å²) < 4.78 is 10.2. The highest BCUT2D eigenvalue weighted by Crippen LogP contribution is 1.94. The van der Waals surface area contributed by atoms with Gasteiger partial charge in [0.05, 0.1) is 26.2 Å². The summed E-state index contributed by atoms with van der Waals surface area (Å²) >= 11 is 0. The van der Waals surface area contributed by atoms with Gasteiger partial charge in [-0.25, -0.2) is 0 Å². The molecule has 0 spiro atoms. The van der Waals surface area contributed by atoms with E-state index in [1.54, 1.807) is 0 Å². The summed E-state index contributed by atoms with van der Waals surface area (Å²) in [5.41, 5.74) is 0. The molecule has 0 aliphatic heterocycles. The summed E-state index contributed by atoms with van der Waals surface area (Å²) in [5, 5.41) is 17.6. The number of hydrogen-bond acceptors (Lipinski definition) is 6. The normalized spacial score (nSPS) is 10.9. The van der Waals surface area contributed by atoms with E-state index in [0.29, 0.717) is 32.8 Å². The van der Waals surface area contributed by atoms with Crippen LogP contribution in [0.4, 0.5) is 0 Å². The average molecular weight is 263 g/mol. The summed E-state index contributed by atoms with van der Waals surface area (Å²) in [7, 11) is 0. The van der Waals surface area contributed by atoms with E-state index in [1.807, 2.05) is 11.8 Å². The van der Waals surface area contributed by atoms with Crippen molar-refractivity contribution >= 4 is 5.97 Å². The second kappa shape index (κ2) is 12.8. The van der Waals surface area contributed by atoms with E-state index in [2.05, 4.69) is 0 Å². The predicted molar refractivity (Wildman–Crippen MR) is 67.3 cm³/mol. The second-order valence-corrected chi connectivity index (χ2v) is 3.87. The molecule has 0 amide bonds. The molecule has 18 heavy (non-hydrogen) atoms. The lowest BCUT2D eigenvalue weighted by Gasteiger charge is -2.19. The Balaban J connectivity index is 3.54. The fraction of sp³-hybridized carbons (Fsp3) is 0.917. The molecule has 0 aliphatic rings. The first kappa shape index (κ1) is 17.3. The Morgan fingerprint density at radius 3 is 2.28 bits per heavy atom. The van der Waals surface area contributed by atoms with Gasteiger partial charge in [0.25, 0.3) is 0 Å². The highest BCUT2D eigenvalue weighted by Gasteiger charge is 2.08. The van der Waals surface area contributed by atoms with Crippen LogP contribution in [0.15, 0.2) is 0 Å². The van der Waals surface area contributed by atoms with Crippen LogP contribution < -0.4 is 0 Å². The van der Waals surface area contributed by atoms with E-state index in [1.165, 1.54) is 0 Å². The molecule has 2 N–H and O–H groups in total. The van der Waals surface area contributed by atoms with Crippen LogP contribution in [0.5, 0.6) is 0 Å². The van der Waals surface area contributed by atoms with Crippen molar-refractivity contribution in [2.45, 2.75) is 19.8 Å². The van der Waals surface area contributed by atoms with Crippen LogP contribution in [-0.4, -0.2) is 73.8 Å². The summed E-state index contributed by atoms with van der Waals surface area (Å²) in [6.45, 7) is 4.81. The van der Waals surface area contributed by atoms with E-state index in [-0.39, 0.29) is 32.2 Å². The quantitative estimate of drug-likeness (QED) is 0.369. The maximum Gasteiger partial charge on any atom is 0.307 e. The van der Waals surface area contributed by atoms with Crippen LogP contribution in [0.1, 0.15) is 19.8 Å². The number of aliphatic hydroxyl groups excluding tert-OH is 2. The molecule has 0 radical (unpaired) electrons. The number of carbonyl (C=O) groups is 1. The Morgan fingerprint density at radius 1 is 1.06 bits per heavy atom. The van der Waals surface area contributed by atoms with Gasteiger partial charge in [-0.2, -0.15) is 0 Å². The van der Waals surface area contributed by atoms with Crippen LogP contribution in [0, 0.1) is 0 Å². The number of aliphatic hydroxyl groups is 2. The molecule has 0 heterocycles. The van der Waals surface area contributed by atoms with Gasteiger partial charge in [0.1, 0.15) is 6.61 Å². The third-order valence-corrected chi connectivity index (χ3v) is 2.30. The van der Waals surface area contributed by atoms with Gasteiger partial charge in [0.2, 0.25) is 0 Å². The number of carbonyl (C=O) groups excluding carboxylic acids is 1. The molecule has 0 rings (SSSR count). The Bertz CT molecular complexity index is 195. The zero-order chi connectivity index (χ0) is 13.6. The SMILES string of the molecule is CCCOCCOC(=O)CCN(CCO)CCO. The third-order valence-electron chi connectivity index (χ3n) is 2.30. The molecule has 108 valence electrons. The van der Waals surface area contributed by atoms with Crippen molar-refractivity contribution in [2.24, 2.45) is 0 Å². The van der Waals surface area contributed by atoms with Crippen molar-refractivity contribution in [1.29, 1.82) is 0 Å². The number of ether oxygens (including phenoxy) is 2. The minimum absolute atomic E-state index is 0.0138. The Kier molecular flexibility index (Phi) is 12.3. The van der Waals surface area contributed by atoms with Crippen LogP contribution in [0.3, 0.4) is 0 Å². The Morgan fingerprint density at radius 2 is 1.72 bits per heavy atom. The Labute approximate surface area is 108 Å². The molecule has 0 atom stereocenters. The smallest absolute Gasteiger partial charge is 0.307 e. The van der Waals surface area contributed by atoms with Crippen LogP contribution >= 0.6 is 0 Å². The second-order valence-electron chi connectivity index (χ2n) is 3.87. The summed E-state index contributed by atoms with van der Waals surface area (Å²) in [5.74, 6) is -0.282. The van der Waals surface area contributed by atoms with Gasteiger partial charge in [-0.1, -0.05) is 6.92 Å². The molecule has 0 aromatic heterocycles. The molecule has 0 aromatic carbocycles. The molecule has 0 fully saturated rings. The maximum absolute atomic E-state index is 11.4. The number of nitrogens with zero attached hydrogens (tertiary/aromatic N) is 1. The fourth-order valence-electron chi connectivity index (χ4n) is 1.40. The predicted octanol–water partition coefficient (Wildman–Crippen LogP) is -0.367. The molecule has 0 saturated carbocycles. The first-order valence-electron chi connectivity index (χ1n) is 6.42. The van der Waals surface area contributed by atoms with Gasteiger partial charge in [0.15, 0.2) is 0 Å². The van der Waals surface area contributed by atoms with E-state index < -0.39 is 0 Å². The first-order chi connectivity index (χ1) is 8.74. The van der Waals surface area contributed by atoms with E-state index >= 15 is 0 Å². The van der Waals surface area contributed by atoms with E-state index in [9.17, 15) is 4.79 Å². The zero-order valence-electron chi connectivity index (χ0n) is 11.1. The van der Waals surface area contributed by atoms with Gasteiger partial charge >= 0.3 is 5.97 Å². The highest BCUT2D eigenvalue weighted by molar-refractivity contribution is 5.69. The van der Waals surface area contributed by atoms with Crippen molar-refractivity contribution in [3.8, 4) is 0 Å². The minimum Gasteiger partial charge on any atom is -0.463 e. The van der Waals surface area contributed by atoms with Crippen molar-refractivity contribution in [1.82, 2.24) is 4.90 Å². The molecule has 0 bridgehead atoms. The van der Waals surface area contributed by atoms with Crippen molar-refractivity contribution in [3.05, 3.63) is 0 Å². The zero-order valence-corrected chi connectivity index (χ0v) is 11.1. The van der Waals surface area contributed by atoms with Crippen LogP contribution in [0.25, 0.3) is 0 Å². The molecular formula is C12H25NO5. The monoisotopic (exact) mass is 263 g/mol. The van der Waals surface area contributed by atoms with E-state index in [0.717, 1.165) is 6.42 Å². The summed E-state index contributed by atoms with van der Waals surface area (Å²) in [4.78, 5) is 13.2. The number of esters is 1. The standard InChI is InChI=1S/C12H25NO5/c1-2-9-17-10-11-18-12(16)3-4-13(5-7-14)6-8-15/h14-15H,2-11H2,1H3. The van der Waals surface area contributed by atoms with Crippen LogP contribution in [-0.2, 0) is 14.3 Å². The van der Waals surface area contributed by atoms with Crippen molar-refractivity contribution in [3.63, 3.8) is 0 Å². The number of rotatable bonds is 12. The largest absolute Gasteiger partial charge is 0.463 e. The van der Waals surface area contributed by atoms with Gasteiger partial charge < -0.3 is 19.7 Å². The van der Waals surface area contributed by atoms with Gasteiger partial charge in [-0.05, 0) is 6.42 Å². The average Bonchev–Trinajstić information content (AvgIpc) is 2.36. The topological polar surface area (TPSA) is 79.2 Å². The molecule has 6 nitrogen and oxygen atoms in total. The summed E-state index contributed by atoms with van der Waals surface area (Å²) in [6, 6.07) is 0. The van der Waals surface area contributed by atoms with Crippen molar-refractivity contribution in [2.75, 3.05) is 52.7 Å². The summed E-state index contributed by atoms with van der Waals surface area (Å²) in [6.07, 6.45) is 1.21. The van der Waals surface area contributed by atoms with E-state index in [4.69, 9.17) is 19.7 Å². The molecule has 0 saturated heterocycles. The lowest BCUT2D eigenvalue weighted by atomic mass is 10.3. The lowest BCUT2D eigenvalue weighted by molar-refractivity contribution is -0.145. The van der Waals surface area contributed by atoms with Gasteiger partial charge in [-0.3, -0.25) is 9.69 Å². The lowest BCUT2D eigenvalue weighted by Crippen LogP contribution is -2.32. The first-order valence-corrected chi connectivity index (χ1v) is 6.42. The number of hydrogen-bond donors (Lipinski definition) is 2. The molecule has 0 aromatic rings.